The van der Waals surface area contributed by atoms with Crippen molar-refractivity contribution in [2.75, 3.05) is 24.2 Å². The Morgan fingerprint density at radius 3 is 2.37 bits per heavy atom. The molecular formula is C19H22Cl2N2O3S. The van der Waals surface area contributed by atoms with Gasteiger partial charge in [0.1, 0.15) is 0 Å². The van der Waals surface area contributed by atoms with Crippen LogP contribution in [-0.4, -0.2) is 39.1 Å². The number of sulfonamides is 1. The third-order valence-corrected chi connectivity index (χ3v) is 5.75. The Kier molecular flexibility index (Phi) is 7.53. The summed E-state index contributed by atoms with van der Waals surface area (Å²) in [7, 11) is -1.82. The van der Waals surface area contributed by atoms with Gasteiger partial charge in [-0.05, 0) is 30.2 Å². The molecule has 0 radical (unpaired) electrons. The lowest BCUT2D eigenvalue weighted by Crippen LogP contribution is -2.32. The molecule has 0 saturated carbocycles. The Morgan fingerprint density at radius 1 is 1.07 bits per heavy atom. The lowest BCUT2D eigenvalue weighted by molar-refractivity contribution is -0.130. The number of amides is 1. The van der Waals surface area contributed by atoms with E-state index in [1.807, 2.05) is 30.3 Å². The van der Waals surface area contributed by atoms with E-state index in [4.69, 9.17) is 23.2 Å². The van der Waals surface area contributed by atoms with Crippen molar-refractivity contribution >= 4 is 44.8 Å². The lowest BCUT2D eigenvalue weighted by atomic mass is 10.2. The van der Waals surface area contributed by atoms with Crippen LogP contribution in [0.3, 0.4) is 0 Å². The van der Waals surface area contributed by atoms with Crippen LogP contribution in [0.4, 0.5) is 5.69 Å². The van der Waals surface area contributed by atoms with E-state index < -0.39 is 10.0 Å². The molecule has 0 aromatic heterocycles. The number of benzene rings is 2. The average molecular weight is 429 g/mol. The summed E-state index contributed by atoms with van der Waals surface area (Å²) >= 11 is 12.1. The van der Waals surface area contributed by atoms with E-state index >= 15 is 0 Å². The molecular weight excluding hydrogens is 407 g/mol. The van der Waals surface area contributed by atoms with E-state index in [1.165, 1.54) is 10.4 Å². The highest BCUT2D eigenvalue weighted by Gasteiger charge is 2.21. The van der Waals surface area contributed by atoms with Gasteiger partial charge in [0.25, 0.3) is 0 Å². The number of anilines is 1. The van der Waals surface area contributed by atoms with Crippen molar-refractivity contribution in [3.05, 3.63) is 64.1 Å². The molecule has 0 aliphatic heterocycles. The fourth-order valence-corrected chi connectivity index (χ4v) is 4.06. The molecule has 5 nitrogen and oxygen atoms in total. The molecule has 2 aromatic rings. The highest BCUT2D eigenvalue weighted by Crippen LogP contribution is 2.30. The fourth-order valence-electron chi connectivity index (χ4n) is 2.65. The van der Waals surface area contributed by atoms with Crippen LogP contribution in [0.5, 0.6) is 0 Å². The third-order valence-electron chi connectivity index (χ3n) is 4.02. The van der Waals surface area contributed by atoms with E-state index in [0.717, 1.165) is 11.8 Å². The van der Waals surface area contributed by atoms with Gasteiger partial charge in [0.05, 0.1) is 17.0 Å². The van der Waals surface area contributed by atoms with Crippen molar-refractivity contribution in [1.29, 1.82) is 0 Å². The molecule has 0 aliphatic carbocycles. The van der Waals surface area contributed by atoms with Gasteiger partial charge in [-0.15, -0.1) is 0 Å². The third kappa shape index (κ3) is 6.41. The van der Waals surface area contributed by atoms with Gasteiger partial charge >= 0.3 is 0 Å². The van der Waals surface area contributed by atoms with Crippen LogP contribution in [0.25, 0.3) is 0 Å². The van der Waals surface area contributed by atoms with Crippen molar-refractivity contribution in [3.63, 3.8) is 0 Å². The topological polar surface area (TPSA) is 57.7 Å². The Balaban J connectivity index is 1.99. The lowest BCUT2D eigenvalue weighted by Gasteiger charge is -2.24. The minimum absolute atomic E-state index is 0.0514. The number of hydrogen-bond donors (Lipinski definition) is 0. The average Bonchev–Trinajstić information content (AvgIpc) is 2.60. The van der Waals surface area contributed by atoms with Gasteiger partial charge in [-0.3, -0.25) is 9.10 Å². The Hall–Kier alpha value is -1.76. The molecule has 27 heavy (non-hydrogen) atoms. The quantitative estimate of drug-likeness (QED) is 0.632. The number of carbonyl (C=O) groups is 1. The van der Waals surface area contributed by atoms with Gasteiger partial charge in [0.15, 0.2) is 0 Å². The van der Waals surface area contributed by atoms with Gasteiger partial charge in [-0.1, -0.05) is 53.5 Å². The molecule has 0 saturated heterocycles. The maximum atomic E-state index is 12.3. The predicted molar refractivity (Wildman–Crippen MR) is 111 cm³/mol. The van der Waals surface area contributed by atoms with Crippen molar-refractivity contribution in [2.24, 2.45) is 0 Å². The molecule has 1 amide bonds. The summed E-state index contributed by atoms with van der Waals surface area (Å²) in [6.07, 6.45) is 1.70. The van der Waals surface area contributed by atoms with Crippen LogP contribution in [0.15, 0.2) is 48.5 Å². The molecule has 0 bridgehead atoms. The van der Waals surface area contributed by atoms with E-state index in [1.54, 1.807) is 24.1 Å². The second-order valence-corrected chi connectivity index (χ2v) is 9.02. The predicted octanol–water partition coefficient (Wildman–Crippen LogP) is 4.20. The largest absolute Gasteiger partial charge is 0.341 e. The summed E-state index contributed by atoms with van der Waals surface area (Å²) in [5.41, 5.74) is 1.36. The molecule has 0 heterocycles. The zero-order valence-corrected chi connectivity index (χ0v) is 17.6. The molecule has 146 valence electrons. The minimum atomic E-state index is -3.56. The van der Waals surface area contributed by atoms with Crippen LogP contribution in [0.2, 0.25) is 10.0 Å². The zero-order valence-electron chi connectivity index (χ0n) is 15.2. The van der Waals surface area contributed by atoms with Crippen molar-refractivity contribution in [2.45, 2.75) is 19.4 Å². The number of halogens is 2. The molecule has 8 heteroatoms. The van der Waals surface area contributed by atoms with Crippen molar-refractivity contribution < 1.29 is 13.2 Å². The highest BCUT2D eigenvalue weighted by molar-refractivity contribution is 7.92. The normalized spacial score (nSPS) is 11.3. The standard InChI is InChI=1S/C19H22Cl2N2O3S/c1-22(14-15-7-4-3-5-8-15)19(24)9-6-12-23(27(2,25)26)18-13-16(20)10-11-17(18)21/h3-5,7-8,10-11,13H,6,9,12,14H2,1-2H3. The first kappa shape index (κ1) is 21.5. The number of rotatable bonds is 8. The van der Waals surface area contributed by atoms with Crippen molar-refractivity contribution in [3.8, 4) is 0 Å². The summed E-state index contributed by atoms with van der Waals surface area (Å²) in [6, 6.07) is 14.3. The van der Waals surface area contributed by atoms with Crippen LogP contribution in [0, 0.1) is 0 Å². The number of carbonyl (C=O) groups excluding carboxylic acids is 1. The van der Waals surface area contributed by atoms with E-state index in [-0.39, 0.29) is 23.9 Å². The molecule has 2 aromatic carbocycles. The number of nitrogens with zero attached hydrogens (tertiary/aromatic N) is 2. The number of hydrogen-bond acceptors (Lipinski definition) is 3. The van der Waals surface area contributed by atoms with E-state index in [0.29, 0.717) is 23.7 Å². The fraction of sp³-hybridized carbons (Fsp3) is 0.316. The SMILES string of the molecule is CN(Cc1ccccc1)C(=O)CCCN(c1cc(Cl)ccc1Cl)S(C)(=O)=O. The van der Waals surface area contributed by atoms with Crippen LogP contribution in [0.1, 0.15) is 18.4 Å². The van der Waals surface area contributed by atoms with E-state index in [2.05, 4.69) is 0 Å². The zero-order chi connectivity index (χ0) is 20.0. The first-order chi connectivity index (χ1) is 12.7. The minimum Gasteiger partial charge on any atom is -0.341 e. The highest BCUT2D eigenvalue weighted by atomic mass is 35.5. The first-order valence-corrected chi connectivity index (χ1v) is 11.0. The first-order valence-electron chi connectivity index (χ1n) is 8.39. The maximum absolute atomic E-state index is 12.3. The van der Waals surface area contributed by atoms with Crippen molar-refractivity contribution in [1.82, 2.24) is 4.90 Å². The molecule has 0 aliphatic rings. The Morgan fingerprint density at radius 2 is 1.74 bits per heavy atom. The Labute approximate surface area is 170 Å². The summed E-state index contributed by atoms with van der Waals surface area (Å²) in [4.78, 5) is 14.0. The smallest absolute Gasteiger partial charge is 0.232 e. The molecule has 0 unspecified atom stereocenters. The molecule has 0 atom stereocenters. The van der Waals surface area contributed by atoms with Gasteiger partial charge in [0.2, 0.25) is 15.9 Å². The second kappa shape index (κ2) is 9.44. The maximum Gasteiger partial charge on any atom is 0.232 e. The molecule has 2 rings (SSSR count). The van der Waals surface area contributed by atoms with Crippen LogP contribution >= 0.6 is 23.2 Å². The summed E-state index contributed by atoms with van der Waals surface area (Å²) in [5.74, 6) is -0.0514. The van der Waals surface area contributed by atoms with Crippen LogP contribution < -0.4 is 4.31 Å². The molecule has 0 spiro atoms. The summed E-state index contributed by atoms with van der Waals surface area (Å²) < 4.78 is 25.5. The van der Waals surface area contributed by atoms with Gasteiger partial charge in [-0.2, -0.15) is 0 Å². The monoisotopic (exact) mass is 428 g/mol. The summed E-state index contributed by atoms with van der Waals surface area (Å²) in [6.45, 7) is 0.652. The Bertz CT molecular complexity index is 889. The molecule has 0 N–H and O–H groups in total. The van der Waals surface area contributed by atoms with Gasteiger partial charge in [0, 0.05) is 31.6 Å². The molecule has 0 fully saturated rings. The van der Waals surface area contributed by atoms with Gasteiger partial charge < -0.3 is 4.90 Å². The van der Waals surface area contributed by atoms with Crippen LogP contribution in [-0.2, 0) is 21.4 Å². The second-order valence-electron chi connectivity index (χ2n) is 6.27. The van der Waals surface area contributed by atoms with E-state index in [9.17, 15) is 13.2 Å². The van der Waals surface area contributed by atoms with Gasteiger partial charge in [-0.25, -0.2) is 8.42 Å². The summed E-state index contributed by atoms with van der Waals surface area (Å²) in [5, 5.41) is 0.680.